The van der Waals surface area contributed by atoms with Crippen LogP contribution in [0.15, 0.2) is 12.3 Å². The number of hydrogen-bond donors (Lipinski definition) is 6. The van der Waals surface area contributed by atoms with Crippen LogP contribution in [-0.4, -0.2) is 78.1 Å². The first-order valence-corrected chi connectivity index (χ1v) is 14.0. The van der Waals surface area contributed by atoms with Gasteiger partial charge in [-0.05, 0) is 58.9 Å². The normalized spacial score (nSPS) is 24.8. The molecule has 0 bridgehead atoms. The minimum atomic E-state index is -1.44. The average molecular weight is 542 g/mol. The highest BCUT2D eigenvalue weighted by Crippen LogP contribution is 2.39. The quantitative estimate of drug-likeness (QED) is 0.236. The van der Waals surface area contributed by atoms with Crippen LogP contribution < -0.4 is 16.0 Å². The van der Waals surface area contributed by atoms with E-state index in [2.05, 4.69) is 27.9 Å². The summed E-state index contributed by atoms with van der Waals surface area (Å²) in [5, 5.41) is 42.1. The minimum absolute atomic E-state index is 0.174. The number of carbonyl (C=O) groups is 1. The largest absolute Gasteiger partial charge is 0.390 e. The fourth-order valence-corrected chi connectivity index (χ4v) is 6.29. The molecule has 0 aliphatic heterocycles. The first-order valence-electron chi connectivity index (χ1n) is 13.1. The standard InChI is InChI=1S/C26H35N7O4S/c1-5-27-24(37)21(35)15-10-16(22(36)20(15)34)31-23-18(25-32-19-13(4)28-9-8-17(19)38-25)12(3)30-26(33-23)29-11(2)14-6-7-14/h8-9,11,14-16,20-22,34-36H,5-7,10H2,1-4H3,(H,27,37)(H2,29,30,31,33). The van der Waals surface area contributed by atoms with Crippen molar-refractivity contribution in [1.29, 1.82) is 0 Å². The third-order valence-electron chi connectivity index (χ3n) is 7.55. The van der Waals surface area contributed by atoms with Gasteiger partial charge in [0.1, 0.15) is 28.6 Å². The van der Waals surface area contributed by atoms with Crippen LogP contribution in [0.2, 0.25) is 0 Å². The Hall–Kier alpha value is -2.93. The number of nitrogens with one attached hydrogen (secondary N) is 3. The number of rotatable bonds is 9. The summed E-state index contributed by atoms with van der Waals surface area (Å²) < 4.78 is 0.990. The number of nitrogens with zero attached hydrogens (tertiary/aromatic N) is 4. The van der Waals surface area contributed by atoms with Crippen molar-refractivity contribution in [3.05, 3.63) is 23.7 Å². The Labute approximate surface area is 225 Å². The number of pyridine rings is 1. The number of likely N-dealkylation sites (N-methyl/N-ethyl adjacent to an activating group) is 1. The minimum Gasteiger partial charge on any atom is -0.390 e. The number of anilines is 2. The molecule has 12 heteroatoms. The second-order valence-corrected chi connectivity index (χ2v) is 11.4. The molecule has 0 radical (unpaired) electrons. The summed E-state index contributed by atoms with van der Waals surface area (Å²) >= 11 is 1.51. The fourth-order valence-electron chi connectivity index (χ4n) is 5.18. The van der Waals surface area contributed by atoms with Crippen LogP contribution >= 0.6 is 11.3 Å². The molecule has 3 heterocycles. The molecule has 5 rings (SSSR count). The molecule has 6 atom stereocenters. The topological polar surface area (TPSA) is 165 Å². The summed E-state index contributed by atoms with van der Waals surface area (Å²) in [6, 6.07) is 1.49. The van der Waals surface area contributed by atoms with E-state index in [1.807, 2.05) is 19.9 Å². The van der Waals surface area contributed by atoms with Gasteiger partial charge in [0.2, 0.25) is 11.9 Å². The van der Waals surface area contributed by atoms with Gasteiger partial charge in [0.05, 0.1) is 33.8 Å². The molecular weight excluding hydrogens is 506 g/mol. The number of carbonyl (C=O) groups excluding carboxylic acids is 1. The Morgan fingerprint density at radius 1 is 1.16 bits per heavy atom. The van der Waals surface area contributed by atoms with E-state index in [9.17, 15) is 20.1 Å². The van der Waals surface area contributed by atoms with Crippen molar-refractivity contribution in [2.75, 3.05) is 17.2 Å². The van der Waals surface area contributed by atoms with Crippen molar-refractivity contribution >= 4 is 39.2 Å². The van der Waals surface area contributed by atoms with Gasteiger partial charge < -0.3 is 31.3 Å². The van der Waals surface area contributed by atoms with E-state index in [0.29, 0.717) is 40.5 Å². The van der Waals surface area contributed by atoms with Crippen LogP contribution in [0.1, 0.15) is 44.5 Å². The molecule has 0 aromatic carbocycles. The second kappa shape index (κ2) is 10.7. The molecule has 6 N–H and O–H groups in total. The first kappa shape index (κ1) is 26.7. The van der Waals surface area contributed by atoms with Gasteiger partial charge in [0, 0.05) is 24.7 Å². The van der Waals surface area contributed by atoms with Gasteiger partial charge in [-0.25, -0.2) is 9.97 Å². The summed E-state index contributed by atoms with van der Waals surface area (Å²) in [6.45, 7) is 8.04. The lowest BCUT2D eigenvalue weighted by Gasteiger charge is -2.22. The molecule has 0 spiro atoms. The van der Waals surface area contributed by atoms with Crippen LogP contribution in [0.3, 0.4) is 0 Å². The summed E-state index contributed by atoms with van der Waals surface area (Å²) in [6.07, 6.45) is 0.358. The Bertz CT molecular complexity index is 1330. The van der Waals surface area contributed by atoms with Gasteiger partial charge >= 0.3 is 0 Å². The van der Waals surface area contributed by atoms with Crippen LogP contribution in [0.5, 0.6) is 0 Å². The third kappa shape index (κ3) is 5.18. The zero-order valence-corrected chi connectivity index (χ0v) is 22.8. The van der Waals surface area contributed by atoms with E-state index < -0.39 is 36.2 Å². The number of thiazole rings is 1. The second-order valence-electron chi connectivity index (χ2n) is 10.4. The lowest BCUT2D eigenvalue weighted by molar-refractivity contribution is -0.134. The lowest BCUT2D eigenvalue weighted by Crippen LogP contribution is -2.43. The number of aliphatic hydroxyl groups excluding tert-OH is 3. The van der Waals surface area contributed by atoms with Crippen molar-refractivity contribution < 1.29 is 20.1 Å². The maximum Gasteiger partial charge on any atom is 0.249 e. The predicted molar refractivity (Wildman–Crippen MR) is 146 cm³/mol. The zero-order chi connectivity index (χ0) is 27.1. The van der Waals surface area contributed by atoms with Crippen LogP contribution in [0.4, 0.5) is 11.8 Å². The number of hydrogen-bond acceptors (Lipinski definition) is 11. The Morgan fingerprint density at radius 2 is 1.92 bits per heavy atom. The molecular formula is C26H35N7O4S. The number of fused-ring (bicyclic) bond motifs is 1. The van der Waals surface area contributed by atoms with Crippen molar-refractivity contribution in [1.82, 2.24) is 25.3 Å². The smallest absolute Gasteiger partial charge is 0.249 e. The highest BCUT2D eigenvalue weighted by molar-refractivity contribution is 7.21. The molecule has 6 unspecified atom stereocenters. The van der Waals surface area contributed by atoms with E-state index in [-0.39, 0.29) is 12.5 Å². The predicted octanol–water partition coefficient (Wildman–Crippen LogP) is 1.99. The number of amides is 1. The number of aliphatic hydroxyl groups is 3. The van der Waals surface area contributed by atoms with Gasteiger partial charge in [-0.15, -0.1) is 11.3 Å². The van der Waals surface area contributed by atoms with E-state index in [1.54, 1.807) is 13.1 Å². The zero-order valence-electron chi connectivity index (χ0n) is 22.0. The monoisotopic (exact) mass is 541 g/mol. The van der Waals surface area contributed by atoms with Crippen molar-refractivity contribution in [2.24, 2.45) is 11.8 Å². The number of aryl methyl sites for hydroxylation is 2. The van der Waals surface area contributed by atoms with E-state index >= 15 is 0 Å². The van der Waals surface area contributed by atoms with Crippen LogP contribution in [0, 0.1) is 25.7 Å². The van der Waals surface area contributed by atoms with Crippen molar-refractivity contribution in [2.45, 2.75) is 77.4 Å². The maximum absolute atomic E-state index is 12.2. The van der Waals surface area contributed by atoms with Gasteiger partial charge in [-0.3, -0.25) is 9.78 Å². The van der Waals surface area contributed by atoms with E-state index in [4.69, 9.17) is 15.0 Å². The number of aromatic nitrogens is 4. The van der Waals surface area contributed by atoms with Gasteiger partial charge in [-0.2, -0.15) is 4.98 Å². The molecule has 3 aromatic heterocycles. The molecule has 2 fully saturated rings. The van der Waals surface area contributed by atoms with Crippen molar-refractivity contribution in [3.63, 3.8) is 0 Å². The average Bonchev–Trinajstić information content (AvgIpc) is 3.59. The lowest BCUT2D eigenvalue weighted by atomic mass is 9.97. The highest BCUT2D eigenvalue weighted by atomic mass is 32.1. The van der Waals surface area contributed by atoms with Gasteiger partial charge in [0.15, 0.2) is 0 Å². The van der Waals surface area contributed by atoms with Crippen LogP contribution in [0.25, 0.3) is 20.8 Å². The van der Waals surface area contributed by atoms with Crippen LogP contribution in [-0.2, 0) is 4.79 Å². The molecule has 11 nitrogen and oxygen atoms in total. The molecule has 0 saturated heterocycles. The Balaban J connectivity index is 1.50. The van der Waals surface area contributed by atoms with E-state index in [0.717, 1.165) is 15.9 Å². The summed E-state index contributed by atoms with van der Waals surface area (Å²) in [5.74, 6) is 0.139. The highest BCUT2D eigenvalue weighted by Gasteiger charge is 2.47. The third-order valence-corrected chi connectivity index (χ3v) is 8.59. The molecule has 2 aliphatic carbocycles. The maximum atomic E-state index is 12.2. The molecule has 1 amide bonds. The molecule has 2 saturated carbocycles. The summed E-state index contributed by atoms with van der Waals surface area (Å²) in [7, 11) is 0. The molecule has 38 heavy (non-hydrogen) atoms. The molecule has 204 valence electrons. The summed E-state index contributed by atoms with van der Waals surface area (Å²) in [4.78, 5) is 31.0. The first-order chi connectivity index (χ1) is 18.2. The molecule has 3 aromatic rings. The SMILES string of the molecule is CCNC(=O)C(O)C1CC(Nc2nc(NC(C)C3CC3)nc(C)c2-c2nc3c(C)nccc3s2)C(O)C1O. The molecule has 2 aliphatic rings. The van der Waals surface area contributed by atoms with Gasteiger partial charge in [0.25, 0.3) is 0 Å². The Morgan fingerprint density at radius 3 is 2.61 bits per heavy atom. The summed E-state index contributed by atoms with van der Waals surface area (Å²) in [5.41, 5.74) is 3.05. The van der Waals surface area contributed by atoms with Crippen molar-refractivity contribution in [3.8, 4) is 10.6 Å². The Kier molecular flexibility index (Phi) is 7.49. The van der Waals surface area contributed by atoms with E-state index in [1.165, 1.54) is 24.2 Å². The fraction of sp³-hybridized carbons (Fsp3) is 0.577. The van der Waals surface area contributed by atoms with Gasteiger partial charge in [-0.1, -0.05) is 0 Å².